The van der Waals surface area contributed by atoms with Crippen molar-refractivity contribution in [2.75, 3.05) is 0 Å². The highest BCUT2D eigenvalue weighted by Gasteiger charge is 2.72. The number of allylic oxidation sites excluding steroid dienone is 1. The van der Waals surface area contributed by atoms with E-state index < -0.39 is 22.2 Å². The molecule has 0 aliphatic heterocycles. The Hall–Kier alpha value is -0.740. The van der Waals surface area contributed by atoms with Crippen molar-refractivity contribution in [3.8, 4) is 0 Å². The summed E-state index contributed by atoms with van der Waals surface area (Å²) in [6.45, 7) is 18.6. The standard InChI is InChI=1S/C32H48Cl2O4/c1-18(2)19-10-15-32(27(36)37)17-16-30(6)20(24(19)32)8-9-22-29(5)13-12-23(38-26(35)25(33)34)28(3,4)21(29)11-14-31(22,30)7/h19-25H,1,8-17H2,2-7H3,(H,36,37)/t19-,20+,21-,22+,23-,24+,29-,30+,31+,32-/m0/s1. The average molecular weight is 568 g/mol. The molecule has 1 N–H and O–H groups in total. The SMILES string of the molecule is C=C(C)[C@@H]1CC[C@]2(C(=O)O)CC[C@]3(C)[C@H](CC[C@@H]4[C@@]5(C)CC[C@H](OC(=O)C(Cl)Cl)C(C)(C)[C@@H]5CC[C@]43C)[C@@H]12. The van der Waals surface area contributed by atoms with Crippen LogP contribution in [0.1, 0.15) is 106 Å². The first-order valence-electron chi connectivity index (χ1n) is 14.9. The summed E-state index contributed by atoms with van der Waals surface area (Å²) < 4.78 is 5.88. The minimum absolute atomic E-state index is 0.115. The zero-order chi connectivity index (χ0) is 28.1. The van der Waals surface area contributed by atoms with E-state index in [1.807, 2.05) is 0 Å². The number of hydrogen-bond acceptors (Lipinski definition) is 3. The maximum atomic E-state index is 12.8. The summed E-state index contributed by atoms with van der Waals surface area (Å²) in [5.41, 5.74) is 0.862. The van der Waals surface area contributed by atoms with E-state index >= 15 is 0 Å². The van der Waals surface area contributed by atoms with Gasteiger partial charge in [0.25, 0.3) is 0 Å². The lowest BCUT2D eigenvalue weighted by Gasteiger charge is -2.72. The van der Waals surface area contributed by atoms with E-state index in [1.54, 1.807) is 0 Å². The Morgan fingerprint density at radius 1 is 0.868 bits per heavy atom. The summed E-state index contributed by atoms with van der Waals surface area (Å²) >= 11 is 11.7. The molecule has 5 saturated carbocycles. The third-order valence-electron chi connectivity index (χ3n) is 13.9. The van der Waals surface area contributed by atoms with Gasteiger partial charge in [-0.25, -0.2) is 4.79 Å². The number of carboxylic acid groups (broad SMARTS) is 1. The van der Waals surface area contributed by atoms with Gasteiger partial charge in [-0.2, -0.15) is 0 Å². The number of halogens is 2. The molecule has 5 aliphatic rings. The predicted octanol–water partition coefficient (Wildman–Crippen LogP) is 8.44. The number of aliphatic carboxylic acids is 1. The fourth-order valence-corrected chi connectivity index (χ4v) is 12.0. The van der Waals surface area contributed by atoms with E-state index in [2.05, 4.69) is 48.1 Å². The normalized spacial score (nSPS) is 49.3. The van der Waals surface area contributed by atoms with E-state index in [4.69, 9.17) is 27.9 Å². The number of carbonyl (C=O) groups excluding carboxylic acids is 1. The first kappa shape index (κ1) is 28.8. The summed E-state index contributed by atoms with van der Waals surface area (Å²) in [6.07, 6.45) is 9.80. The van der Waals surface area contributed by atoms with E-state index in [0.29, 0.717) is 23.7 Å². The van der Waals surface area contributed by atoms with Crippen LogP contribution < -0.4 is 0 Å². The molecule has 0 heterocycles. The van der Waals surface area contributed by atoms with Crippen LogP contribution in [0.3, 0.4) is 0 Å². The summed E-state index contributed by atoms with van der Waals surface area (Å²) in [4.78, 5) is 24.0. The lowest BCUT2D eigenvalue weighted by molar-refractivity contribution is -0.250. The average Bonchev–Trinajstić information content (AvgIpc) is 3.22. The third kappa shape index (κ3) is 3.67. The van der Waals surface area contributed by atoms with Gasteiger partial charge in [0.05, 0.1) is 5.41 Å². The highest BCUT2D eigenvalue weighted by atomic mass is 35.5. The number of esters is 1. The molecule has 214 valence electrons. The van der Waals surface area contributed by atoms with Gasteiger partial charge >= 0.3 is 11.9 Å². The van der Waals surface area contributed by atoms with Gasteiger partial charge in [0.15, 0.2) is 0 Å². The number of alkyl halides is 2. The van der Waals surface area contributed by atoms with Crippen LogP contribution in [0.15, 0.2) is 12.2 Å². The lowest BCUT2D eigenvalue weighted by Crippen LogP contribution is -2.67. The predicted molar refractivity (Wildman–Crippen MR) is 152 cm³/mol. The van der Waals surface area contributed by atoms with Crippen LogP contribution in [0.4, 0.5) is 0 Å². The zero-order valence-electron chi connectivity index (χ0n) is 24.2. The van der Waals surface area contributed by atoms with E-state index in [-0.39, 0.29) is 33.7 Å². The van der Waals surface area contributed by atoms with Gasteiger partial charge in [-0.3, -0.25) is 4.79 Å². The first-order chi connectivity index (χ1) is 17.6. The Bertz CT molecular complexity index is 1020. The Morgan fingerprint density at radius 2 is 1.55 bits per heavy atom. The number of carbonyl (C=O) groups is 2. The van der Waals surface area contributed by atoms with E-state index in [1.165, 1.54) is 5.57 Å². The maximum absolute atomic E-state index is 12.8. The summed E-state index contributed by atoms with van der Waals surface area (Å²) in [7, 11) is 0. The quantitative estimate of drug-likeness (QED) is 0.210. The highest BCUT2D eigenvalue weighted by molar-refractivity contribution is 6.52. The molecule has 4 nitrogen and oxygen atoms in total. The summed E-state index contributed by atoms with van der Waals surface area (Å²) in [5.74, 6) is 0.859. The number of hydrogen-bond donors (Lipinski definition) is 1. The smallest absolute Gasteiger partial charge is 0.339 e. The third-order valence-corrected chi connectivity index (χ3v) is 14.2. The molecule has 0 radical (unpaired) electrons. The van der Waals surface area contributed by atoms with Gasteiger partial charge in [-0.1, -0.05) is 70.0 Å². The molecule has 0 aromatic carbocycles. The van der Waals surface area contributed by atoms with Gasteiger partial charge in [-0.05, 0) is 117 Å². The zero-order valence-corrected chi connectivity index (χ0v) is 25.8. The molecule has 5 aliphatic carbocycles. The molecule has 0 bridgehead atoms. The summed E-state index contributed by atoms with van der Waals surface area (Å²) in [6, 6.07) is 0. The molecule has 0 aromatic heterocycles. The fourth-order valence-electron chi connectivity index (χ4n) is 11.9. The molecule has 0 saturated heterocycles. The number of ether oxygens (including phenoxy) is 1. The van der Waals surface area contributed by atoms with Crippen molar-refractivity contribution in [1.29, 1.82) is 0 Å². The Morgan fingerprint density at radius 3 is 2.16 bits per heavy atom. The van der Waals surface area contributed by atoms with Crippen LogP contribution in [0.25, 0.3) is 0 Å². The van der Waals surface area contributed by atoms with Crippen molar-refractivity contribution in [2.45, 2.75) is 117 Å². The molecule has 6 heteroatoms. The second kappa shape index (κ2) is 9.13. The van der Waals surface area contributed by atoms with E-state index in [0.717, 1.165) is 64.2 Å². The Balaban J connectivity index is 1.49. The Labute approximate surface area is 239 Å². The van der Waals surface area contributed by atoms with Crippen LogP contribution >= 0.6 is 23.2 Å². The van der Waals surface area contributed by atoms with Crippen LogP contribution in [0.2, 0.25) is 0 Å². The number of fused-ring (bicyclic) bond motifs is 7. The molecule has 5 fully saturated rings. The molecule has 10 atom stereocenters. The van der Waals surface area contributed by atoms with Crippen LogP contribution in [0.5, 0.6) is 0 Å². The fraction of sp³-hybridized carbons (Fsp3) is 0.875. The van der Waals surface area contributed by atoms with Crippen LogP contribution in [-0.2, 0) is 14.3 Å². The van der Waals surface area contributed by atoms with E-state index in [9.17, 15) is 14.7 Å². The Kier molecular flexibility index (Phi) is 6.92. The van der Waals surface area contributed by atoms with Crippen molar-refractivity contribution in [2.24, 2.45) is 56.7 Å². The minimum Gasteiger partial charge on any atom is -0.481 e. The van der Waals surface area contributed by atoms with Gasteiger partial charge in [-0.15, -0.1) is 0 Å². The van der Waals surface area contributed by atoms with Crippen molar-refractivity contribution in [3.63, 3.8) is 0 Å². The van der Waals surface area contributed by atoms with Gasteiger partial charge < -0.3 is 9.84 Å². The van der Waals surface area contributed by atoms with Crippen LogP contribution in [0, 0.1) is 56.7 Å². The molecule has 0 amide bonds. The molecule has 38 heavy (non-hydrogen) atoms. The maximum Gasteiger partial charge on any atom is 0.339 e. The largest absolute Gasteiger partial charge is 0.481 e. The number of rotatable bonds is 4. The second-order valence-electron chi connectivity index (χ2n) is 15.2. The molecule has 5 rings (SSSR count). The summed E-state index contributed by atoms with van der Waals surface area (Å²) in [5, 5.41) is 10.6. The molecular formula is C32H48Cl2O4. The van der Waals surface area contributed by atoms with Crippen molar-refractivity contribution < 1.29 is 19.4 Å². The molecule has 0 aromatic rings. The lowest BCUT2D eigenvalue weighted by atomic mass is 9.32. The van der Waals surface area contributed by atoms with Crippen molar-refractivity contribution >= 4 is 35.1 Å². The monoisotopic (exact) mass is 566 g/mol. The van der Waals surface area contributed by atoms with Crippen molar-refractivity contribution in [1.82, 2.24) is 0 Å². The molecular weight excluding hydrogens is 519 g/mol. The molecule has 0 spiro atoms. The number of carboxylic acids is 1. The van der Waals surface area contributed by atoms with Crippen LogP contribution in [-0.4, -0.2) is 28.0 Å². The topological polar surface area (TPSA) is 63.6 Å². The molecule has 0 unspecified atom stereocenters. The second-order valence-corrected chi connectivity index (χ2v) is 16.3. The highest BCUT2D eigenvalue weighted by Crippen LogP contribution is 2.77. The van der Waals surface area contributed by atoms with Crippen molar-refractivity contribution in [3.05, 3.63) is 12.2 Å². The van der Waals surface area contributed by atoms with Gasteiger partial charge in [0.1, 0.15) is 6.10 Å². The first-order valence-corrected chi connectivity index (χ1v) is 15.8. The van der Waals surface area contributed by atoms with Gasteiger partial charge in [0.2, 0.25) is 4.84 Å². The minimum atomic E-state index is -1.15. The van der Waals surface area contributed by atoms with Gasteiger partial charge in [0, 0.05) is 5.41 Å².